The average molecular weight is 443 g/mol. The van der Waals surface area contributed by atoms with Crippen molar-refractivity contribution in [3.63, 3.8) is 0 Å². The maximum absolute atomic E-state index is 12.9. The number of hydroxylamine groups is 1. The Kier molecular flexibility index (Phi) is 6.50. The SMILES string of the molecule is CN(OS(=O)O)c1ncc(C(F)(F)F)cc1NC(=O)c1cccc(C(F)(F)F)c1. The molecule has 1 heterocycles. The zero-order valence-electron chi connectivity index (χ0n) is 14.2. The number of halogens is 6. The Labute approximate surface area is 161 Å². The molecule has 0 bridgehead atoms. The number of rotatable bonds is 5. The Hall–Kier alpha value is -2.71. The number of nitrogens with zero attached hydrogens (tertiary/aromatic N) is 2. The molecule has 0 aliphatic rings. The lowest BCUT2D eigenvalue weighted by Crippen LogP contribution is -2.24. The van der Waals surface area contributed by atoms with Crippen molar-refractivity contribution in [1.29, 1.82) is 0 Å². The number of carbonyl (C=O) groups is 1. The molecule has 0 saturated carbocycles. The summed E-state index contributed by atoms with van der Waals surface area (Å²) in [7, 11) is 1.02. The van der Waals surface area contributed by atoms with E-state index in [9.17, 15) is 35.3 Å². The van der Waals surface area contributed by atoms with Crippen molar-refractivity contribution in [3.8, 4) is 0 Å². The highest BCUT2D eigenvalue weighted by Gasteiger charge is 2.33. The van der Waals surface area contributed by atoms with Gasteiger partial charge in [-0.2, -0.15) is 30.6 Å². The molecule has 14 heteroatoms. The molecule has 0 aliphatic heterocycles. The quantitative estimate of drug-likeness (QED) is 0.414. The van der Waals surface area contributed by atoms with Gasteiger partial charge in [0.15, 0.2) is 5.82 Å². The highest BCUT2D eigenvalue weighted by atomic mass is 32.2. The number of hydrogen-bond donors (Lipinski definition) is 2. The molecule has 1 atom stereocenters. The van der Waals surface area contributed by atoms with Gasteiger partial charge < -0.3 is 5.32 Å². The van der Waals surface area contributed by atoms with Gasteiger partial charge in [0.1, 0.15) is 0 Å². The van der Waals surface area contributed by atoms with E-state index in [0.717, 1.165) is 19.2 Å². The van der Waals surface area contributed by atoms with Crippen molar-refractivity contribution in [2.24, 2.45) is 0 Å². The van der Waals surface area contributed by atoms with E-state index in [-0.39, 0.29) is 0 Å². The van der Waals surface area contributed by atoms with Crippen LogP contribution in [0.1, 0.15) is 21.5 Å². The Morgan fingerprint density at radius 1 is 1.14 bits per heavy atom. The first-order valence-electron chi connectivity index (χ1n) is 7.38. The lowest BCUT2D eigenvalue weighted by molar-refractivity contribution is -0.138. The summed E-state index contributed by atoms with van der Waals surface area (Å²) in [5.41, 5.74) is -3.52. The molecule has 0 saturated heterocycles. The number of aromatic nitrogens is 1. The van der Waals surface area contributed by atoms with Gasteiger partial charge in [0.2, 0.25) is 0 Å². The number of nitrogens with one attached hydrogen (secondary N) is 1. The second-order valence-electron chi connectivity index (χ2n) is 5.41. The topological polar surface area (TPSA) is 91.8 Å². The standard InChI is InChI=1S/C15H11F6N3O4S/c1-24(28-29(26)27)12-11(6-10(7-22-12)15(19,20)21)23-13(25)8-3-2-4-9(5-8)14(16,17)18/h2-7H,1H3,(H,23,25)(H,26,27). The highest BCUT2D eigenvalue weighted by Crippen LogP contribution is 2.34. The summed E-state index contributed by atoms with van der Waals surface area (Å²) < 4.78 is 101. The number of carbonyl (C=O) groups excluding carboxylic acids is 1. The molecule has 0 fully saturated rings. The lowest BCUT2D eigenvalue weighted by Gasteiger charge is -2.19. The van der Waals surface area contributed by atoms with Crippen LogP contribution in [0.5, 0.6) is 0 Å². The molecule has 158 valence electrons. The molecular formula is C15H11F6N3O4S. The minimum atomic E-state index is -4.85. The predicted molar refractivity (Wildman–Crippen MR) is 88.9 cm³/mol. The van der Waals surface area contributed by atoms with E-state index < -0.39 is 57.8 Å². The van der Waals surface area contributed by atoms with Gasteiger partial charge in [-0.1, -0.05) is 6.07 Å². The molecular weight excluding hydrogens is 432 g/mol. The molecule has 2 rings (SSSR count). The Balaban J connectivity index is 2.43. The van der Waals surface area contributed by atoms with Crippen LogP contribution in [0.3, 0.4) is 0 Å². The minimum Gasteiger partial charge on any atom is -0.319 e. The molecule has 0 aliphatic carbocycles. The first-order valence-corrected chi connectivity index (χ1v) is 8.41. The number of anilines is 2. The van der Waals surface area contributed by atoms with Gasteiger partial charge in [-0.25, -0.2) is 10.0 Å². The first kappa shape index (κ1) is 22.6. The summed E-state index contributed by atoms with van der Waals surface area (Å²) in [4.78, 5) is 15.7. The monoisotopic (exact) mass is 443 g/mol. The summed E-state index contributed by atoms with van der Waals surface area (Å²) in [6, 6.07) is 3.65. The van der Waals surface area contributed by atoms with E-state index in [4.69, 9.17) is 4.55 Å². The third-order valence-electron chi connectivity index (χ3n) is 3.37. The van der Waals surface area contributed by atoms with Crippen LogP contribution in [0.15, 0.2) is 36.5 Å². The zero-order chi connectivity index (χ0) is 22.0. The molecule has 1 amide bonds. The van der Waals surface area contributed by atoms with Crippen molar-refractivity contribution in [2.75, 3.05) is 17.4 Å². The van der Waals surface area contributed by atoms with E-state index in [2.05, 4.69) is 9.27 Å². The Morgan fingerprint density at radius 3 is 2.31 bits per heavy atom. The highest BCUT2D eigenvalue weighted by molar-refractivity contribution is 7.74. The summed E-state index contributed by atoms with van der Waals surface area (Å²) in [6.45, 7) is 0. The van der Waals surface area contributed by atoms with Crippen molar-refractivity contribution in [2.45, 2.75) is 12.4 Å². The molecule has 7 nitrogen and oxygen atoms in total. The van der Waals surface area contributed by atoms with Crippen LogP contribution in [0.4, 0.5) is 37.8 Å². The molecule has 1 unspecified atom stereocenters. The first-order chi connectivity index (χ1) is 13.3. The number of alkyl halides is 6. The molecule has 29 heavy (non-hydrogen) atoms. The number of pyridine rings is 1. The lowest BCUT2D eigenvalue weighted by atomic mass is 10.1. The number of amides is 1. The van der Waals surface area contributed by atoms with Crippen LogP contribution in [0, 0.1) is 0 Å². The van der Waals surface area contributed by atoms with E-state index in [1.807, 2.05) is 5.32 Å². The van der Waals surface area contributed by atoms with E-state index >= 15 is 0 Å². The maximum atomic E-state index is 12.9. The average Bonchev–Trinajstić information content (AvgIpc) is 2.59. The molecule has 1 aromatic heterocycles. The van der Waals surface area contributed by atoms with Gasteiger partial charge in [-0.3, -0.25) is 9.35 Å². The van der Waals surface area contributed by atoms with Crippen molar-refractivity contribution in [3.05, 3.63) is 53.2 Å². The fourth-order valence-electron chi connectivity index (χ4n) is 2.12. The van der Waals surface area contributed by atoms with Gasteiger partial charge >= 0.3 is 23.7 Å². The molecule has 0 radical (unpaired) electrons. The van der Waals surface area contributed by atoms with E-state index in [1.54, 1.807) is 0 Å². The Morgan fingerprint density at radius 2 is 1.76 bits per heavy atom. The minimum absolute atomic E-state index is 0.384. The van der Waals surface area contributed by atoms with Crippen LogP contribution in [0.25, 0.3) is 0 Å². The van der Waals surface area contributed by atoms with Gasteiger partial charge in [-0.05, 0) is 24.3 Å². The van der Waals surface area contributed by atoms with Gasteiger partial charge in [-0.15, -0.1) is 4.28 Å². The van der Waals surface area contributed by atoms with Crippen molar-refractivity contribution >= 4 is 28.8 Å². The van der Waals surface area contributed by atoms with Crippen molar-refractivity contribution in [1.82, 2.24) is 4.98 Å². The molecule has 0 spiro atoms. The summed E-state index contributed by atoms with van der Waals surface area (Å²) >= 11 is -2.86. The van der Waals surface area contributed by atoms with Crippen LogP contribution >= 0.6 is 0 Å². The maximum Gasteiger partial charge on any atom is 0.417 e. The smallest absolute Gasteiger partial charge is 0.319 e. The summed E-state index contributed by atoms with van der Waals surface area (Å²) in [5.74, 6) is -1.67. The number of benzene rings is 1. The summed E-state index contributed by atoms with van der Waals surface area (Å²) in [6.07, 6.45) is -9.20. The second kappa shape index (κ2) is 8.34. The molecule has 2 aromatic rings. The van der Waals surface area contributed by atoms with Gasteiger partial charge in [0, 0.05) is 18.8 Å². The Bertz CT molecular complexity index is 935. The second-order valence-corrected chi connectivity index (χ2v) is 6.00. The normalized spacial score (nSPS) is 13.1. The summed E-state index contributed by atoms with van der Waals surface area (Å²) in [5, 5.41) is 2.51. The fourth-order valence-corrected chi connectivity index (χ4v) is 2.38. The van der Waals surface area contributed by atoms with Crippen LogP contribution < -0.4 is 10.4 Å². The predicted octanol–water partition coefficient (Wildman–Crippen LogP) is 3.88. The van der Waals surface area contributed by atoms with Crippen LogP contribution in [-0.4, -0.2) is 26.7 Å². The molecule has 1 aromatic carbocycles. The van der Waals surface area contributed by atoms with Gasteiger partial charge in [0.05, 0.1) is 16.8 Å². The third-order valence-corrected chi connectivity index (χ3v) is 3.72. The van der Waals surface area contributed by atoms with Gasteiger partial charge in [0.25, 0.3) is 5.91 Å². The zero-order valence-corrected chi connectivity index (χ0v) is 15.0. The van der Waals surface area contributed by atoms with E-state index in [0.29, 0.717) is 29.5 Å². The molecule has 2 N–H and O–H groups in total. The van der Waals surface area contributed by atoms with Crippen molar-refractivity contribution < 1.29 is 44.2 Å². The van der Waals surface area contributed by atoms with E-state index in [1.165, 1.54) is 0 Å². The fraction of sp³-hybridized carbons (Fsp3) is 0.200. The van der Waals surface area contributed by atoms with Crippen LogP contribution in [-0.2, 0) is 28.0 Å². The largest absolute Gasteiger partial charge is 0.417 e. The third kappa shape index (κ3) is 5.88. The number of hydrogen-bond acceptors (Lipinski definition) is 5. The van der Waals surface area contributed by atoms with Crippen LogP contribution in [0.2, 0.25) is 0 Å².